The summed E-state index contributed by atoms with van der Waals surface area (Å²) >= 11 is 0. The molecule has 1 rings (SSSR count). The van der Waals surface area contributed by atoms with Crippen molar-refractivity contribution >= 4 is 0 Å². The molecule has 1 atom stereocenters. The number of nitrogens with two attached hydrogens (primary N) is 1. The summed E-state index contributed by atoms with van der Waals surface area (Å²) in [4.78, 5) is 2.57. The molecule has 3 nitrogen and oxygen atoms in total. The van der Waals surface area contributed by atoms with Gasteiger partial charge in [-0.2, -0.15) is 0 Å². The van der Waals surface area contributed by atoms with Crippen LogP contribution in [0.3, 0.4) is 0 Å². The molecule has 0 saturated carbocycles. The Morgan fingerprint density at radius 1 is 1.20 bits per heavy atom. The molecule has 0 radical (unpaired) electrons. The molecule has 1 fully saturated rings. The SMILES string of the molecule is COCCC(C)(CN)N1CCCCCC1. The second-order valence-corrected chi connectivity index (χ2v) is 4.85. The maximum Gasteiger partial charge on any atom is 0.0480 e. The molecule has 1 unspecified atom stereocenters. The van der Waals surface area contributed by atoms with E-state index in [1.165, 1.54) is 38.8 Å². The predicted molar refractivity (Wildman–Crippen MR) is 64.0 cm³/mol. The van der Waals surface area contributed by atoms with Crippen LogP contribution in [0.4, 0.5) is 0 Å². The Hall–Kier alpha value is -0.120. The molecule has 1 aliphatic heterocycles. The molecule has 0 aromatic carbocycles. The Kier molecular flexibility index (Phi) is 5.58. The van der Waals surface area contributed by atoms with E-state index in [9.17, 15) is 0 Å². The lowest BCUT2D eigenvalue weighted by atomic mass is 9.95. The summed E-state index contributed by atoms with van der Waals surface area (Å²) in [6.45, 7) is 6.23. The first kappa shape index (κ1) is 12.9. The van der Waals surface area contributed by atoms with Crippen LogP contribution in [-0.2, 0) is 4.74 Å². The first-order valence-electron chi connectivity index (χ1n) is 6.17. The van der Waals surface area contributed by atoms with E-state index in [0.717, 1.165) is 19.6 Å². The molecule has 2 N–H and O–H groups in total. The maximum absolute atomic E-state index is 5.93. The van der Waals surface area contributed by atoms with Crippen LogP contribution in [0.1, 0.15) is 39.0 Å². The van der Waals surface area contributed by atoms with E-state index in [2.05, 4.69) is 11.8 Å². The molecule has 3 heteroatoms. The Morgan fingerprint density at radius 2 is 1.80 bits per heavy atom. The molecule has 1 aliphatic rings. The van der Waals surface area contributed by atoms with Gasteiger partial charge in [0.1, 0.15) is 0 Å². The fourth-order valence-corrected chi connectivity index (χ4v) is 2.32. The van der Waals surface area contributed by atoms with Gasteiger partial charge in [-0.1, -0.05) is 12.8 Å². The van der Waals surface area contributed by atoms with Crippen LogP contribution in [0, 0.1) is 0 Å². The lowest BCUT2D eigenvalue weighted by Gasteiger charge is -2.40. The van der Waals surface area contributed by atoms with E-state index >= 15 is 0 Å². The lowest BCUT2D eigenvalue weighted by Crippen LogP contribution is -2.52. The van der Waals surface area contributed by atoms with Crippen LogP contribution in [0.15, 0.2) is 0 Å². The number of rotatable bonds is 5. The Morgan fingerprint density at radius 3 is 2.27 bits per heavy atom. The topological polar surface area (TPSA) is 38.5 Å². The van der Waals surface area contributed by atoms with E-state index in [1.807, 2.05) is 0 Å². The zero-order chi connectivity index (χ0) is 11.1. The average Bonchev–Trinajstić information content (AvgIpc) is 2.54. The minimum absolute atomic E-state index is 0.139. The van der Waals surface area contributed by atoms with E-state index in [4.69, 9.17) is 10.5 Å². The largest absolute Gasteiger partial charge is 0.385 e. The molecule has 0 aliphatic carbocycles. The monoisotopic (exact) mass is 214 g/mol. The second kappa shape index (κ2) is 6.46. The van der Waals surface area contributed by atoms with Crippen molar-refractivity contribution in [2.24, 2.45) is 5.73 Å². The molecule has 0 amide bonds. The first-order chi connectivity index (χ1) is 7.23. The number of ether oxygens (including phenoxy) is 1. The fraction of sp³-hybridized carbons (Fsp3) is 1.00. The Balaban J connectivity index is 2.52. The van der Waals surface area contributed by atoms with Gasteiger partial charge in [0.05, 0.1) is 0 Å². The van der Waals surface area contributed by atoms with Gasteiger partial charge in [0.15, 0.2) is 0 Å². The molecule has 0 bridgehead atoms. The highest BCUT2D eigenvalue weighted by atomic mass is 16.5. The standard InChI is InChI=1S/C12H26N2O/c1-12(11-13,7-10-15-2)14-8-5-3-4-6-9-14/h3-11,13H2,1-2H3. The predicted octanol–water partition coefficient (Wildman–Crippen LogP) is 1.62. The van der Waals surface area contributed by atoms with Gasteiger partial charge in [-0.15, -0.1) is 0 Å². The zero-order valence-corrected chi connectivity index (χ0v) is 10.3. The summed E-state index contributed by atoms with van der Waals surface area (Å²) in [5.74, 6) is 0. The van der Waals surface area contributed by atoms with Gasteiger partial charge in [-0.05, 0) is 39.3 Å². The van der Waals surface area contributed by atoms with Crippen LogP contribution in [0.25, 0.3) is 0 Å². The van der Waals surface area contributed by atoms with Gasteiger partial charge in [-0.3, -0.25) is 4.90 Å². The van der Waals surface area contributed by atoms with E-state index in [-0.39, 0.29) is 5.54 Å². The molecular formula is C12H26N2O. The van der Waals surface area contributed by atoms with Crippen molar-refractivity contribution in [3.05, 3.63) is 0 Å². The van der Waals surface area contributed by atoms with Gasteiger partial charge in [0.25, 0.3) is 0 Å². The molecule has 15 heavy (non-hydrogen) atoms. The average molecular weight is 214 g/mol. The third-order valence-electron chi connectivity index (χ3n) is 3.65. The van der Waals surface area contributed by atoms with Crippen molar-refractivity contribution < 1.29 is 4.74 Å². The third-order valence-corrected chi connectivity index (χ3v) is 3.65. The quantitative estimate of drug-likeness (QED) is 0.756. The van der Waals surface area contributed by atoms with Crippen LogP contribution < -0.4 is 5.73 Å². The van der Waals surface area contributed by atoms with Gasteiger partial charge in [0.2, 0.25) is 0 Å². The lowest BCUT2D eigenvalue weighted by molar-refractivity contribution is 0.0712. The number of hydrogen-bond acceptors (Lipinski definition) is 3. The van der Waals surface area contributed by atoms with Crippen molar-refractivity contribution in [1.29, 1.82) is 0 Å². The molecule has 0 aromatic rings. The number of hydrogen-bond donors (Lipinski definition) is 1. The molecular weight excluding hydrogens is 188 g/mol. The van der Waals surface area contributed by atoms with Crippen molar-refractivity contribution in [3.63, 3.8) is 0 Å². The molecule has 90 valence electrons. The number of nitrogens with zero attached hydrogens (tertiary/aromatic N) is 1. The van der Waals surface area contributed by atoms with Crippen LogP contribution >= 0.6 is 0 Å². The Labute approximate surface area is 94.0 Å². The second-order valence-electron chi connectivity index (χ2n) is 4.85. The van der Waals surface area contributed by atoms with Crippen molar-refractivity contribution in [2.75, 3.05) is 33.4 Å². The zero-order valence-electron chi connectivity index (χ0n) is 10.3. The minimum atomic E-state index is 0.139. The number of methoxy groups -OCH3 is 1. The van der Waals surface area contributed by atoms with Crippen molar-refractivity contribution in [1.82, 2.24) is 4.90 Å². The summed E-state index contributed by atoms with van der Waals surface area (Å²) in [5, 5.41) is 0. The minimum Gasteiger partial charge on any atom is -0.385 e. The van der Waals surface area contributed by atoms with Gasteiger partial charge < -0.3 is 10.5 Å². The van der Waals surface area contributed by atoms with Gasteiger partial charge in [0, 0.05) is 25.8 Å². The van der Waals surface area contributed by atoms with E-state index in [0.29, 0.717) is 0 Å². The number of likely N-dealkylation sites (tertiary alicyclic amines) is 1. The van der Waals surface area contributed by atoms with Crippen LogP contribution in [0.5, 0.6) is 0 Å². The highest BCUT2D eigenvalue weighted by Gasteiger charge is 2.30. The summed E-state index contributed by atoms with van der Waals surface area (Å²) in [7, 11) is 1.76. The van der Waals surface area contributed by atoms with Gasteiger partial charge in [-0.25, -0.2) is 0 Å². The summed E-state index contributed by atoms with van der Waals surface area (Å²) in [6, 6.07) is 0. The highest BCUT2D eigenvalue weighted by molar-refractivity contribution is 4.88. The maximum atomic E-state index is 5.93. The normalized spacial score (nSPS) is 23.4. The van der Waals surface area contributed by atoms with Crippen molar-refractivity contribution in [3.8, 4) is 0 Å². The summed E-state index contributed by atoms with van der Waals surface area (Å²) < 4.78 is 5.18. The third kappa shape index (κ3) is 3.74. The molecule has 1 saturated heterocycles. The Bertz CT molecular complexity index is 167. The fourth-order valence-electron chi connectivity index (χ4n) is 2.32. The summed E-state index contributed by atoms with van der Waals surface area (Å²) in [6.07, 6.45) is 6.44. The summed E-state index contributed by atoms with van der Waals surface area (Å²) in [5.41, 5.74) is 6.07. The molecule has 0 spiro atoms. The van der Waals surface area contributed by atoms with Crippen LogP contribution in [0.2, 0.25) is 0 Å². The first-order valence-corrected chi connectivity index (χ1v) is 6.17. The molecule has 1 heterocycles. The van der Waals surface area contributed by atoms with E-state index in [1.54, 1.807) is 7.11 Å². The van der Waals surface area contributed by atoms with Gasteiger partial charge >= 0.3 is 0 Å². The highest BCUT2D eigenvalue weighted by Crippen LogP contribution is 2.22. The molecule has 0 aromatic heterocycles. The van der Waals surface area contributed by atoms with E-state index < -0.39 is 0 Å². The van der Waals surface area contributed by atoms with Crippen molar-refractivity contribution in [2.45, 2.75) is 44.6 Å². The smallest absolute Gasteiger partial charge is 0.0480 e. The van der Waals surface area contributed by atoms with Crippen LogP contribution in [-0.4, -0.2) is 43.8 Å².